The summed E-state index contributed by atoms with van der Waals surface area (Å²) in [5, 5.41) is 8.95. The first kappa shape index (κ1) is 17.1. The van der Waals surface area contributed by atoms with Gasteiger partial charge in [0.15, 0.2) is 0 Å². The van der Waals surface area contributed by atoms with Crippen LogP contribution in [0.25, 0.3) is 0 Å². The van der Waals surface area contributed by atoms with Crippen molar-refractivity contribution >= 4 is 5.91 Å². The summed E-state index contributed by atoms with van der Waals surface area (Å²) in [6.07, 6.45) is 4.68. The molecular weight excluding hydrogens is 312 g/mol. The number of pyridine rings is 1. The van der Waals surface area contributed by atoms with Crippen LogP contribution in [0.3, 0.4) is 0 Å². The second-order valence-electron chi connectivity index (χ2n) is 6.47. The Bertz CT molecular complexity index is 626. The van der Waals surface area contributed by atoms with E-state index in [1.54, 1.807) is 13.2 Å². The van der Waals surface area contributed by atoms with Crippen LogP contribution in [-0.2, 0) is 9.47 Å². The zero-order valence-corrected chi connectivity index (χ0v) is 13.9. The van der Waals surface area contributed by atoms with Crippen LogP contribution in [0.2, 0.25) is 0 Å². The number of hydrogen-bond donors (Lipinski definition) is 2. The first-order chi connectivity index (χ1) is 11.6. The molecule has 0 aromatic carbocycles. The standard InChI is InChI=1S/C17H24N2O5/c1-23-17-5-4-13(24-9-8-20)10-14(17)19(7-6-17)16(22)12-2-3-15(21)18-11-12/h2-3,11,13-14,20H,4-10H2,1H3,(H,18,21)/t13-,14-,17+/m0/s1. The van der Waals surface area contributed by atoms with Gasteiger partial charge in [-0.1, -0.05) is 0 Å². The van der Waals surface area contributed by atoms with Crippen LogP contribution >= 0.6 is 0 Å². The Kier molecular flexibility index (Phi) is 5.03. The van der Waals surface area contributed by atoms with Crippen LogP contribution in [-0.4, -0.2) is 65.5 Å². The average molecular weight is 336 g/mol. The predicted molar refractivity (Wildman–Crippen MR) is 86.9 cm³/mol. The molecule has 132 valence electrons. The second kappa shape index (κ2) is 7.04. The second-order valence-corrected chi connectivity index (χ2v) is 6.47. The number of carbonyl (C=O) groups excluding carboxylic acids is 1. The van der Waals surface area contributed by atoms with Crippen molar-refractivity contribution in [2.75, 3.05) is 26.9 Å². The van der Waals surface area contributed by atoms with Gasteiger partial charge in [0.2, 0.25) is 5.56 Å². The fourth-order valence-corrected chi connectivity index (χ4v) is 3.99. The summed E-state index contributed by atoms with van der Waals surface area (Å²) >= 11 is 0. The molecule has 1 aliphatic carbocycles. The number of H-pyrrole nitrogens is 1. The molecule has 1 saturated carbocycles. The van der Waals surface area contributed by atoms with Gasteiger partial charge in [0.1, 0.15) is 0 Å². The molecule has 2 N–H and O–H groups in total. The van der Waals surface area contributed by atoms with Gasteiger partial charge in [-0.15, -0.1) is 0 Å². The van der Waals surface area contributed by atoms with E-state index in [0.717, 1.165) is 19.3 Å². The molecule has 0 unspecified atom stereocenters. The van der Waals surface area contributed by atoms with E-state index in [2.05, 4.69) is 4.98 Å². The average Bonchev–Trinajstić information content (AvgIpc) is 2.99. The monoisotopic (exact) mass is 336 g/mol. The first-order valence-corrected chi connectivity index (χ1v) is 8.37. The summed E-state index contributed by atoms with van der Waals surface area (Å²) in [5.41, 5.74) is -0.0778. The highest BCUT2D eigenvalue weighted by Crippen LogP contribution is 2.43. The molecule has 1 aromatic rings. The molecular formula is C17H24N2O5. The van der Waals surface area contributed by atoms with Crippen molar-refractivity contribution in [2.45, 2.75) is 43.4 Å². The first-order valence-electron chi connectivity index (χ1n) is 8.37. The van der Waals surface area contributed by atoms with Gasteiger partial charge in [-0.2, -0.15) is 0 Å². The molecule has 2 fully saturated rings. The molecule has 7 heteroatoms. The zero-order chi connectivity index (χ0) is 17.2. The Morgan fingerprint density at radius 3 is 2.96 bits per heavy atom. The number of aliphatic hydroxyl groups excluding tert-OH is 1. The lowest BCUT2D eigenvalue weighted by molar-refractivity contribution is -0.0992. The predicted octanol–water partition coefficient (Wildman–Crippen LogP) is 0.536. The number of aliphatic hydroxyl groups is 1. The van der Waals surface area contributed by atoms with E-state index in [-0.39, 0.29) is 35.8 Å². The third kappa shape index (κ3) is 3.11. The van der Waals surface area contributed by atoms with Crippen LogP contribution < -0.4 is 5.56 Å². The van der Waals surface area contributed by atoms with Crippen molar-refractivity contribution in [2.24, 2.45) is 0 Å². The number of hydrogen-bond acceptors (Lipinski definition) is 5. The molecule has 1 aliphatic heterocycles. The fourth-order valence-electron chi connectivity index (χ4n) is 3.99. The molecule has 3 atom stereocenters. The molecule has 0 radical (unpaired) electrons. The fraction of sp³-hybridized carbons (Fsp3) is 0.647. The number of likely N-dealkylation sites (tertiary alicyclic amines) is 1. The number of ether oxygens (including phenoxy) is 2. The normalized spacial score (nSPS) is 29.5. The maximum atomic E-state index is 12.9. The highest BCUT2D eigenvalue weighted by atomic mass is 16.5. The van der Waals surface area contributed by atoms with E-state index >= 15 is 0 Å². The zero-order valence-electron chi connectivity index (χ0n) is 13.9. The lowest BCUT2D eigenvalue weighted by Gasteiger charge is -2.43. The minimum atomic E-state index is -0.322. The van der Waals surface area contributed by atoms with Crippen LogP contribution in [0, 0.1) is 0 Å². The number of aromatic nitrogens is 1. The molecule has 1 amide bonds. The van der Waals surface area contributed by atoms with E-state index < -0.39 is 0 Å². The van der Waals surface area contributed by atoms with Crippen LogP contribution in [0.5, 0.6) is 0 Å². The molecule has 24 heavy (non-hydrogen) atoms. The molecule has 0 spiro atoms. The Balaban J connectivity index is 1.79. The van der Waals surface area contributed by atoms with Crippen molar-refractivity contribution in [1.29, 1.82) is 0 Å². The van der Waals surface area contributed by atoms with E-state index in [1.807, 2.05) is 4.90 Å². The Morgan fingerprint density at radius 2 is 2.29 bits per heavy atom. The summed E-state index contributed by atoms with van der Waals surface area (Å²) < 4.78 is 11.5. The van der Waals surface area contributed by atoms with Crippen LogP contribution in [0.1, 0.15) is 36.0 Å². The minimum Gasteiger partial charge on any atom is -0.394 e. The molecule has 1 saturated heterocycles. The summed E-state index contributed by atoms with van der Waals surface area (Å²) in [7, 11) is 1.70. The number of methoxy groups -OCH3 is 1. The summed E-state index contributed by atoms with van der Waals surface area (Å²) in [5.74, 6) is -0.0991. The van der Waals surface area contributed by atoms with E-state index in [4.69, 9.17) is 14.6 Å². The largest absolute Gasteiger partial charge is 0.394 e. The quantitative estimate of drug-likeness (QED) is 0.819. The summed E-state index contributed by atoms with van der Waals surface area (Å²) in [6, 6.07) is 2.86. The molecule has 0 bridgehead atoms. The van der Waals surface area contributed by atoms with Crippen LogP contribution in [0.4, 0.5) is 0 Å². The maximum absolute atomic E-state index is 12.9. The number of aromatic amines is 1. The molecule has 3 rings (SSSR count). The smallest absolute Gasteiger partial charge is 0.255 e. The molecule has 1 aromatic heterocycles. The topological polar surface area (TPSA) is 91.9 Å². The van der Waals surface area contributed by atoms with Crippen molar-refractivity contribution < 1.29 is 19.4 Å². The number of amides is 1. The number of nitrogens with zero attached hydrogens (tertiary/aromatic N) is 1. The van der Waals surface area contributed by atoms with Gasteiger partial charge in [-0.3, -0.25) is 9.59 Å². The highest BCUT2D eigenvalue weighted by molar-refractivity contribution is 5.94. The molecule has 2 aliphatic rings. The number of rotatable bonds is 5. The van der Waals surface area contributed by atoms with Crippen molar-refractivity contribution in [3.8, 4) is 0 Å². The number of carbonyl (C=O) groups is 1. The third-order valence-corrected chi connectivity index (χ3v) is 5.28. The van der Waals surface area contributed by atoms with Gasteiger partial charge in [-0.25, -0.2) is 0 Å². The van der Waals surface area contributed by atoms with Gasteiger partial charge in [0.05, 0.1) is 36.5 Å². The minimum absolute atomic E-state index is 0.00336. The van der Waals surface area contributed by atoms with Gasteiger partial charge >= 0.3 is 0 Å². The summed E-state index contributed by atoms with van der Waals surface area (Å²) in [4.78, 5) is 28.4. The van der Waals surface area contributed by atoms with E-state index in [0.29, 0.717) is 25.1 Å². The Morgan fingerprint density at radius 1 is 1.46 bits per heavy atom. The summed E-state index contributed by atoms with van der Waals surface area (Å²) in [6.45, 7) is 0.936. The number of fused-ring (bicyclic) bond motifs is 1. The van der Waals surface area contributed by atoms with E-state index in [9.17, 15) is 9.59 Å². The van der Waals surface area contributed by atoms with Crippen molar-refractivity contribution in [3.05, 3.63) is 34.2 Å². The SMILES string of the molecule is CO[C@@]12CC[C@H](OCCO)C[C@@H]1N(C(=O)c1ccc(=O)[nH]c1)CC2. The molecule has 2 heterocycles. The molecule has 7 nitrogen and oxygen atoms in total. The lowest BCUT2D eigenvalue weighted by Crippen LogP contribution is -2.53. The van der Waals surface area contributed by atoms with Gasteiger partial charge in [0.25, 0.3) is 5.91 Å². The van der Waals surface area contributed by atoms with Crippen molar-refractivity contribution in [3.63, 3.8) is 0 Å². The van der Waals surface area contributed by atoms with Crippen molar-refractivity contribution in [1.82, 2.24) is 9.88 Å². The Hall–Kier alpha value is -1.70. The van der Waals surface area contributed by atoms with Gasteiger partial charge < -0.3 is 24.5 Å². The van der Waals surface area contributed by atoms with Gasteiger partial charge in [-0.05, 0) is 31.7 Å². The number of nitrogens with one attached hydrogen (secondary N) is 1. The maximum Gasteiger partial charge on any atom is 0.255 e. The van der Waals surface area contributed by atoms with E-state index in [1.165, 1.54) is 12.3 Å². The lowest BCUT2D eigenvalue weighted by atomic mass is 9.79. The van der Waals surface area contributed by atoms with Crippen LogP contribution in [0.15, 0.2) is 23.1 Å². The third-order valence-electron chi connectivity index (χ3n) is 5.28. The Labute approximate surface area is 140 Å². The highest BCUT2D eigenvalue weighted by Gasteiger charge is 2.52. The van der Waals surface area contributed by atoms with Gasteiger partial charge in [0, 0.05) is 25.9 Å².